The van der Waals surface area contributed by atoms with E-state index in [2.05, 4.69) is 25.6 Å². The number of hydrazine groups is 1. The second-order valence-corrected chi connectivity index (χ2v) is 9.12. The van der Waals surface area contributed by atoms with Crippen molar-refractivity contribution < 1.29 is 9.59 Å². The number of anilines is 2. The molecule has 10 heteroatoms. The lowest BCUT2D eigenvalue weighted by Crippen LogP contribution is -2.34. The fraction of sp³-hybridized carbons (Fsp3) is 0.269. The smallest absolute Gasteiger partial charge is 0.273 e. The van der Waals surface area contributed by atoms with Gasteiger partial charge < -0.3 is 21.4 Å². The van der Waals surface area contributed by atoms with Gasteiger partial charge in [0, 0.05) is 53.4 Å². The molecule has 186 valence electrons. The van der Waals surface area contributed by atoms with Crippen molar-refractivity contribution in [2.24, 2.45) is 17.5 Å². The summed E-state index contributed by atoms with van der Waals surface area (Å²) in [4.78, 5) is 37.6. The van der Waals surface area contributed by atoms with Crippen molar-refractivity contribution in [1.82, 2.24) is 20.0 Å². The molecule has 2 aromatic heterocycles. The summed E-state index contributed by atoms with van der Waals surface area (Å²) in [5.74, 6) is 5.92. The first-order chi connectivity index (χ1) is 17.2. The number of benzene rings is 1. The van der Waals surface area contributed by atoms with Gasteiger partial charge in [-0.25, -0.2) is 15.8 Å². The molecule has 1 aliphatic rings. The Morgan fingerprint density at radius 2 is 1.83 bits per heavy atom. The minimum absolute atomic E-state index is 0.00235. The zero-order valence-corrected chi connectivity index (χ0v) is 20.5. The van der Waals surface area contributed by atoms with Crippen molar-refractivity contribution in [2.75, 3.05) is 10.6 Å². The summed E-state index contributed by atoms with van der Waals surface area (Å²) in [6.07, 6.45) is 8.12. The standard InChI is InChI=1S/C26H30N8O2/c1-15(2)34(28)13-22(27)26(36)32-20-7-4-16(3)21(9-20)18-8-19(12-29-11-18)23-10-24(31-14-30-23)33-25(35)17-5-6-17/h4,7-15,17H,5-6,27-28H2,1-3H3,(H,32,36)(H,30,31,33,35)/b22-13-. The van der Waals surface area contributed by atoms with Crippen molar-refractivity contribution in [3.63, 3.8) is 0 Å². The maximum absolute atomic E-state index is 12.6. The predicted octanol–water partition coefficient (Wildman–Crippen LogP) is 3.19. The number of amides is 2. The molecule has 1 aliphatic carbocycles. The molecule has 1 aromatic carbocycles. The van der Waals surface area contributed by atoms with E-state index in [1.54, 1.807) is 18.5 Å². The zero-order chi connectivity index (χ0) is 25.8. The molecular formula is C26H30N8O2. The molecule has 6 N–H and O–H groups in total. The van der Waals surface area contributed by atoms with Crippen LogP contribution in [0, 0.1) is 12.8 Å². The van der Waals surface area contributed by atoms with Gasteiger partial charge in [-0.1, -0.05) is 6.07 Å². The van der Waals surface area contributed by atoms with E-state index >= 15 is 0 Å². The molecule has 0 spiro atoms. The molecule has 0 bridgehead atoms. The third kappa shape index (κ3) is 6.02. The van der Waals surface area contributed by atoms with Gasteiger partial charge in [0.05, 0.1) is 5.69 Å². The molecule has 0 saturated heterocycles. The van der Waals surface area contributed by atoms with Crippen molar-refractivity contribution in [2.45, 2.75) is 39.7 Å². The number of hydrogen-bond acceptors (Lipinski definition) is 8. The second-order valence-electron chi connectivity index (χ2n) is 9.12. The van der Waals surface area contributed by atoms with Gasteiger partial charge in [0.2, 0.25) is 5.91 Å². The Morgan fingerprint density at radius 1 is 1.08 bits per heavy atom. The molecule has 1 saturated carbocycles. The molecule has 2 amide bonds. The van der Waals surface area contributed by atoms with Crippen molar-refractivity contribution in [1.29, 1.82) is 0 Å². The fourth-order valence-corrected chi connectivity index (χ4v) is 3.47. The van der Waals surface area contributed by atoms with Crippen LogP contribution < -0.4 is 22.2 Å². The summed E-state index contributed by atoms with van der Waals surface area (Å²) in [7, 11) is 0. The maximum Gasteiger partial charge on any atom is 0.273 e. The Morgan fingerprint density at radius 3 is 2.56 bits per heavy atom. The van der Waals surface area contributed by atoms with Crippen LogP contribution in [0.4, 0.5) is 11.5 Å². The highest BCUT2D eigenvalue weighted by Crippen LogP contribution is 2.31. The minimum atomic E-state index is -0.450. The summed E-state index contributed by atoms with van der Waals surface area (Å²) in [5, 5.41) is 7.04. The van der Waals surface area contributed by atoms with Crippen molar-refractivity contribution >= 4 is 23.3 Å². The second kappa shape index (κ2) is 10.5. The molecule has 2 heterocycles. The van der Waals surface area contributed by atoms with Gasteiger partial charge >= 0.3 is 0 Å². The van der Waals surface area contributed by atoms with E-state index in [0.29, 0.717) is 17.2 Å². The number of aryl methyl sites for hydroxylation is 1. The van der Waals surface area contributed by atoms with Gasteiger partial charge in [-0.05, 0) is 62.9 Å². The van der Waals surface area contributed by atoms with E-state index in [1.165, 1.54) is 17.5 Å². The van der Waals surface area contributed by atoms with Gasteiger partial charge in [-0.15, -0.1) is 0 Å². The average molecular weight is 487 g/mol. The quantitative estimate of drug-likeness (QED) is 0.215. The third-order valence-electron chi connectivity index (χ3n) is 5.85. The van der Waals surface area contributed by atoms with Crippen LogP contribution in [-0.4, -0.2) is 37.8 Å². The topological polar surface area (TPSA) is 152 Å². The van der Waals surface area contributed by atoms with Crippen molar-refractivity contribution in [3.05, 3.63) is 66.5 Å². The first kappa shape index (κ1) is 24.8. The molecule has 0 unspecified atom stereocenters. The van der Waals surface area contributed by atoms with Gasteiger partial charge in [-0.3, -0.25) is 14.6 Å². The predicted molar refractivity (Wildman–Crippen MR) is 139 cm³/mol. The van der Waals surface area contributed by atoms with E-state index < -0.39 is 5.91 Å². The number of aromatic nitrogens is 3. The van der Waals surface area contributed by atoms with E-state index in [1.807, 2.05) is 45.0 Å². The molecule has 0 atom stereocenters. The number of nitrogens with two attached hydrogens (primary N) is 2. The first-order valence-electron chi connectivity index (χ1n) is 11.7. The highest BCUT2D eigenvalue weighted by atomic mass is 16.2. The molecule has 0 aliphatic heterocycles. The molecular weight excluding hydrogens is 456 g/mol. The zero-order valence-electron chi connectivity index (χ0n) is 20.5. The normalized spacial score (nSPS) is 13.4. The van der Waals surface area contributed by atoms with Gasteiger partial charge in [0.1, 0.15) is 17.8 Å². The third-order valence-corrected chi connectivity index (χ3v) is 5.85. The lowest BCUT2D eigenvalue weighted by atomic mass is 9.99. The summed E-state index contributed by atoms with van der Waals surface area (Å²) in [6, 6.07) is 9.28. The molecule has 0 radical (unpaired) electrons. The Labute approximate surface area is 209 Å². The summed E-state index contributed by atoms with van der Waals surface area (Å²) in [6.45, 7) is 5.76. The molecule has 36 heavy (non-hydrogen) atoms. The number of nitrogens with one attached hydrogen (secondary N) is 2. The summed E-state index contributed by atoms with van der Waals surface area (Å²) >= 11 is 0. The molecule has 3 aromatic rings. The summed E-state index contributed by atoms with van der Waals surface area (Å²) in [5.41, 5.74) is 10.7. The number of rotatable bonds is 8. The van der Waals surface area contributed by atoms with Crippen molar-refractivity contribution in [3.8, 4) is 22.4 Å². The van der Waals surface area contributed by atoms with Crippen LogP contribution in [0.3, 0.4) is 0 Å². The van der Waals surface area contributed by atoms with Gasteiger partial charge in [-0.2, -0.15) is 0 Å². The number of nitrogens with zero attached hydrogens (tertiary/aromatic N) is 4. The molecule has 1 fully saturated rings. The number of hydrogen-bond donors (Lipinski definition) is 4. The number of carbonyl (C=O) groups excluding carboxylic acids is 2. The monoisotopic (exact) mass is 486 g/mol. The van der Waals surface area contributed by atoms with Crippen LogP contribution in [0.15, 0.2) is 60.9 Å². The largest absolute Gasteiger partial charge is 0.393 e. The molecule has 10 nitrogen and oxygen atoms in total. The Balaban J connectivity index is 1.56. The van der Waals surface area contributed by atoms with E-state index in [4.69, 9.17) is 11.6 Å². The Hall–Kier alpha value is -4.31. The van der Waals surface area contributed by atoms with Crippen LogP contribution in [0.5, 0.6) is 0 Å². The Bertz CT molecular complexity index is 1320. The van der Waals surface area contributed by atoms with E-state index in [0.717, 1.165) is 35.1 Å². The lowest BCUT2D eigenvalue weighted by Gasteiger charge is -2.19. The van der Waals surface area contributed by atoms with Crippen LogP contribution >= 0.6 is 0 Å². The summed E-state index contributed by atoms with van der Waals surface area (Å²) < 4.78 is 0. The van der Waals surface area contributed by atoms with E-state index in [-0.39, 0.29) is 23.6 Å². The SMILES string of the molecule is Cc1ccc(NC(=O)/C(N)=C/N(N)C(C)C)cc1-c1cncc(-c2cc(NC(=O)C3CC3)ncn2)c1. The molecule has 4 rings (SSSR count). The van der Waals surface area contributed by atoms with Gasteiger partial charge in [0.15, 0.2) is 0 Å². The Kier molecular flexibility index (Phi) is 7.25. The van der Waals surface area contributed by atoms with Crippen LogP contribution in [0.2, 0.25) is 0 Å². The lowest BCUT2D eigenvalue weighted by molar-refractivity contribution is -0.117. The highest BCUT2D eigenvalue weighted by molar-refractivity contribution is 6.03. The van der Waals surface area contributed by atoms with E-state index in [9.17, 15) is 9.59 Å². The fourth-order valence-electron chi connectivity index (χ4n) is 3.47. The first-order valence-corrected chi connectivity index (χ1v) is 11.7. The van der Waals surface area contributed by atoms with Crippen LogP contribution in [0.1, 0.15) is 32.3 Å². The maximum atomic E-state index is 12.6. The highest BCUT2D eigenvalue weighted by Gasteiger charge is 2.29. The van der Waals surface area contributed by atoms with Crippen LogP contribution in [-0.2, 0) is 9.59 Å². The van der Waals surface area contributed by atoms with Crippen LogP contribution in [0.25, 0.3) is 22.4 Å². The minimum Gasteiger partial charge on any atom is -0.393 e. The number of pyridine rings is 1. The number of carbonyl (C=O) groups is 2. The van der Waals surface area contributed by atoms with Gasteiger partial charge in [0.25, 0.3) is 5.91 Å². The average Bonchev–Trinajstić information content (AvgIpc) is 3.71.